The molecule has 0 aliphatic rings. The van der Waals surface area contributed by atoms with Gasteiger partial charge in [-0.05, 0) is 32.3 Å². The highest BCUT2D eigenvalue weighted by atomic mass is 16.2. The Bertz CT molecular complexity index is 333. The van der Waals surface area contributed by atoms with Crippen LogP contribution >= 0.6 is 0 Å². The van der Waals surface area contributed by atoms with Gasteiger partial charge in [-0.3, -0.25) is 9.48 Å². The molecule has 0 aliphatic heterocycles. The van der Waals surface area contributed by atoms with Gasteiger partial charge in [0.25, 0.3) is 5.91 Å². The third-order valence-corrected chi connectivity index (χ3v) is 2.26. The zero-order valence-electron chi connectivity index (χ0n) is 8.94. The number of rotatable bonds is 6. The van der Waals surface area contributed by atoms with E-state index in [0.29, 0.717) is 5.69 Å². The van der Waals surface area contributed by atoms with Crippen LogP contribution in [0.1, 0.15) is 35.9 Å². The molecule has 0 unspecified atom stereocenters. The second-order valence-corrected chi connectivity index (χ2v) is 3.38. The molecule has 0 saturated carbocycles. The van der Waals surface area contributed by atoms with E-state index < -0.39 is 5.91 Å². The van der Waals surface area contributed by atoms with Crippen molar-refractivity contribution in [3.05, 3.63) is 17.5 Å². The molecule has 1 aromatic rings. The summed E-state index contributed by atoms with van der Waals surface area (Å²) in [6.45, 7) is 2.89. The van der Waals surface area contributed by atoms with Crippen LogP contribution in [0.5, 0.6) is 0 Å². The molecule has 0 aromatic carbocycles. The Balaban J connectivity index is 2.72. The fourth-order valence-corrected chi connectivity index (χ4v) is 1.47. The number of hydrogen-bond donors (Lipinski definition) is 2. The molecule has 3 N–H and O–H groups in total. The van der Waals surface area contributed by atoms with Gasteiger partial charge in [-0.15, -0.1) is 0 Å². The number of primary amides is 1. The molecular weight excluding hydrogens is 194 g/mol. The Labute approximate surface area is 88.9 Å². The van der Waals surface area contributed by atoms with E-state index in [1.807, 2.05) is 6.92 Å². The molecule has 0 saturated heterocycles. The van der Waals surface area contributed by atoms with Gasteiger partial charge in [-0.1, -0.05) is 0 Å². The Morgan fingerprint density at radius 3 is 2.87 bits per heavy atom. The van der Waals surface area contributed by atoms with Gasteiger partial charge >= 0.3 is 0 Å². The van der Waals surface area contributed by atoms with E-state index in [1.165, 1.54) is 0 Å². The molecule has 0 bridgehead atoms. The maximum Gasteiger partial charge on any atom is 0.269 e. The van der Waals surface area contributed by atoms with Gasteiger partial charge < -0.3 is 10.8 Å². The predicted molar refractivity (Wildman–Crippen MR) is 56.4 cm³/mol. The van der Waals surface area contributed by atoms with Crippen LogP contribution in [0.4, 0.5) is 0 Å². The normalized spacial score (nSPS) is 10.5. The standard InChI is InChI=1S/C10H17N3O2/c1-2-13-8(5-3-4-6-14)7-9(12-13)10(11)15/h7,14H,2-6H2,1H3,(H2,11,15). The van der Waals surface area contributed by atoms with Crippen molar-refractivity contribution in [1.29, 1.82) is 0 Å². The number of aliphatic hydroxyl groups excluding tert-OH is 1. The number of amides is 1. The Morgan fingerprint density at radius 2 is 2.33 bits per heavy atom. The summed E-state index contributed by atoms with van der Waals surface area (Å²) in [6, 6.07) is 1.73. The topological polar surface area (TPSA) is 81.1 Å². The molecule has 1 heterocycles. The molecule has 0 atom stereocenters. The van der Waals surface area contributed by atoms with Crippen molar-refractivity contribution < 1.29 is 9.90 Å². The Hall–Kier alpha value is -1.36. The van der Waals surface area contributed by atoms with E-state index in [1.54, 1.807) is 10.7 Å². The summed E-state index contributed by atoms with van der Waals surface area (Å²) in [7, 11) is 0. The molecule has 0 spiro atoms. The fourth-order valence-electron chi connectivity index (χ4n) is 1.47. The first-order valence-corrected chi connectivity index (χ1v) is 5.16. The Morgan fingerprint density at radius 1 is 1.60 bits per heavy atom. The quantitative estimate of drug-likeness (QED) is 0.665. The van der Waals surface area contributed by atoms with E-state index in [0.717, 1.165) is 31.5 Å². The molecule has 84 valence electrons. The summed E-state index contributed by atoms with van der Waals surface area (Å²) in [5.41, 5.74) is 6.47. The lowest BCUT2D eigenvalue weighted by molar-refractivity contribution is 0.0995. The molecule has 5 heteroatoms. The first-order valence-electron chi connectivity index (χ1n) is 5.16. The number of nitrogens with zero attached hydrogens (tertiary/aromatic N) is 2. The van der Waals surface area contributed by atoms with Crippen molar-refractivity contribution in [2.24, 2.45) is 5.73 Å². The lowest BCUT2D eigenvalue weighted by atomic mass is 10.2. The molecule has 0 fully saturated rings. The van der Waals surface area contributed by atoms with Crippen LogP contribution in [0.3, 0.4) is 0 Å². The summed E-state index contributed by atoms with van der Waals surface area (Å²) in [4.78, 5) is 10.9. The lowest BCUT2D eigenvalue weighted by Gasteiger charge is -2.02. The van der Waals surface area contributed by atoms with Crippen LogP contribution in [0.25, 0.3) is 0 Å². The number of nitrogens with two attached hydrogens (primary N) is 1. The van der Waals surface area contributed by atoms with Crippen LogP contribution in [-0.4, -0.2) is 27.4 Å². The lowest BCUT2D eigenvalue weighted by Crippen LogP contribution is -2.12. The van der Waals surface area contributed by atoms with Crippen LogP contribution in [-0.2, 0) is 13.0 Å². The number of aliphatic hydroxyl groups is 1. The summed E-state index contributed by atoms with van der Waals surface area (Å²) < 4.78 is 1.78. The largest absolute Gasteiger partial charge is 0.396 e. The number of carbonyl (C=O) groups excluding carboxylic acids is 1. The van der Waals surface area contributed by atoms with Crippen molar-refractivity contribution in [3.8, 4) is 0 Å². The smallest absolute Gasteiger partial charge is 0.269 e. The zero-order valence-corrected chi connectivity index (χ0v) is 8.94. The van der Waals surface area contributed by atoms with E-state index in [2.05, 4.69) is 5.10 Å². The van der Waals surface area contributed by atoms with Crippen molar-refractivity contribution in [1.82, 2.24) is 9.78 Å². The molecule has 1 aromatic heterocycles. The Kier molecular flexibility index (Phi) is 4.30. The van der Waals surface area contributed by atoms with Gasteiger partial charge in [-0.25, -0.2) is 0 Å². The molecule has 15 heavy (non-hydrogen) atoms. The first kappa shape index (κ1) is 11.7. The SMILES string of the molecule is CCn1nc(C(N)=O)cc1CCCCO. The minimum absolute atomic E-state index is 0.197. The average molecular weight is 211 g/mol. The van der Waals surface area contributed by atoms with E-state index in [4.69, 9.17) is 10.8 Å². The van der Waals surface area contributed by atoms with E-state index >= 15 is 0 Å². The van der Waals surface area contributed by atoms with Crippen LogP contribution in [0, 0.1) is 0 Å². The number of carbonyl (C=O) groups is 1. The second-order valence-electron chi connectivity index (χ2n) is 3.38. The van der Waals surface area contributed by atoms with Crippen molar-refractivity contribution >= 4 is 5.91 Å². The summed E-state index contributed by atoms with van der Waals surface area (Å²) in [5.74, 6) is -0.495. The minimum atomic E-state index is -0.495. The van der Waals surface area contributed by atoms with Gasteiger partial charge in [0, 0.05) is 18.8 Å². The summed E-state index contributed by atoms with van der Waals surface area (Å²) in [6.07, 6.45) is 2.47. The maximum absolute atomic E-state index is 10.9. The number of unbranched alkanes of at least 4 members (excludes halogenated alkanes) is 1. The summed E-state index contributed by atoms with van der Waals surface area (Å²) in [5, 5.41) is 12.8. The van der Waals surface area contributed by atoms with Gasteiger partial charge in [0.2, 0.25) is 0 Å². The molecule has 0 radical (unpaired) electrons. The van der Waals surface area contributed by atoms with Crippen LogP contribution < -0.4 is 5.73 Å². The van der Waals surface area contributed by atoms with Crippen molar-refractivity contribution in [2.75, 3.05) is 6.61 Å². The van der Waals surface area contributed by atoms with Gasteiger partial charge in [0.1, 0.15) is 5.69 Å². The van der Waals surface area contributed by atoms with Gasteiger partial charge in [0.05, 0.1) is 0 Å². The summed E-state index contributed by atoms with van der Waals surface area (Å²) >= 11 is 0. The third kappa shape index (κ3) is 3.06. The first-order chi connectivity index (χ1) is 7.19. The average Bonchev–Trinajstić information content (AvgIpc) is 2.62. The zero-order chi connectivity index (χ0) is 11.3. The number of hydrogen-bond acceptors (Lipinski definition) is 3. The van der Waals surface area contributed by atoms with Crippen LogP contribution in [0.15, 0.2) is 6.07 Å². The molecular formula is C10H17N3O2. The highest BCUT2D eigenvalue weighted by molar-refractivity contribution is 5.90. The molecule has 1 rings (SSSR count). The third-order valence-electron chi connectivity index (χ3n) is 2.26. The number of aryl methyl sites for hydroxylation is 2. The monoisotopic (exact) mass is 211 g/mol. The second kappa shape index (κ2) is 5.50. The highest BCUT2D eigenvalue weighted by Crippen LogP contribution is 2.08. The molecule has 5 nitrogen and oxygen atoms in total. The fraction of sp³-hybridized carbons (Fsp3) is 0.600. The molecule has 0 aliphatic carbocycles. The van der Waals surface area contributed by atoms with E-state index in [-0.39, 0.29) is 6.61 Å². The number of aromatic nitrogens is 2. The van der Waals surface area contributed by atoms with Crippen molar-refractivity contribution in [2.45, 2.75) is 32.7 Å². The van der Waals surface area contributed by atoms with Gasteiger partial charge in [-0.2, -0.15) is 5.10 Å². The maximum atomic E-state index is 10.9. The predicted octanol–water partition coefficient (Wildman–Crippen LogP) is 0.317. The minimum Gasteiger partial charge on any atom is -0.396 e. The van der Waals surface area contributed by atoms with Gasteiger partial charge in [0.15, 0.2) is 0 Å². The van der Waals surface area contributed by atoms with Crippen molar-refractivity contribution in [3.63, 3.8) is 0 Å². The highest BCUT2D eigenvalue weighted by Gasteiger charge is 2.10. The van der Waals surface area contributed by atoms with Crippen LogP contribution in [0.2, 0.25) is 0 Å². The van der Waals surface area contributed by atoms with E-state index in [9.17, 15) is 4.79 Å². The molecule has 1 amide bonds.